The standard InChI is InChI=1S/C45H27N3S2/c1-2-12-28(13-3-1)31-14-4-5-17-37(31)44-46-43(47-45(48-44)38-21-11-20-36-34-16-7-9-23-40(34)50-42(36)38)30-26-24-29(25-27-30)32-18-10-19-35-33-15-6-8-22-39(33)49-41(32)35/h1-27H/i1D,2D,3D,12D,13D. The Hall–Kier alpha value is -6.01. The van der Waals surface area contributed by atoms with Crippen LogP contribution in [0.3, 0.4) is 0 Å². The molecule has 0 radical (unpaired) electrons. The van der Waals surface area contributed by atoms with E-state index < -0.39 is 18.1 Å². The molecule has 10 rings (SSSR count). The van der Waals surface area contributed by atoms with Crippen LogP contribution in [0.15, 0.2) is 164 Å². The summed E-state index contributed by atoms with van der Waals surface area (Å²) >= 11 is 3.48. The van der Waals surface area contributed by atoms with Gasteiger partial charge in [0, 0.05) is 57.0 Å². The molecule has 0 bridgehead atoms. The average Bonchev–Trinajstić information content (AvgIpc) is 3.81. The molecule has 3 aromatic heterocycles. The van der Waals surface area contributed by atoms with Crippen molar-refractivity contribution in [3.63, 3.8) is 0 Å². The van der Waals surface area contributed by atoms with Crippen LogP contribution < -0.4 is 0 Å². The summed E-state index contributed by atoms with van der Waals surface area (Å²) in [5.74, 6) is 1.27. The first-order valence-corrected chi connectivity index (χ1v) is 17.8. The summed E-state index contributed by atoms with van der Waals surface area (Å²) in [6.07, 6.45) is 0. The van der Waals surface area contributed by atoms with E-state index in [2.05, 4.69) is 72.8 Å². The monoisotopic (exact) mass is 678 g/mol. The van der Waals surface area contributed by atoms with Crippen LogP contribution in [0.5, 0.6) is 0 Å². The largest absolute Gasteiger partial charge is 0.208 e. The quantitative estimate of drug-likeness (QED) is 0.182. The van der Waals surface area contributed by atoms with Crippen molar-refractivity contribution >= 4 is 63.0 Å². The third kappa shape index (κ3) is 4.82. The topological polar surface area (TPSA) is 38.7 Å². The molecule has 10 aromatic rings. The number of fused-ring (bicyclic) bond motifs is 6. The second-order valence-electron chi connectivity index (χ2n) is 12.0. The maximum absolute atomic E-state index is 8.78. The van der Waals surface area contributed by atoms with Crippen LogP contribution in [0.4, 0.5) is 0 Å². The molecule has 3 nitrogen and oxygen atoms in total. The van der Waals surface area contributed by atoms with Crippen molar-refractivity contribution in [1.29, 1.82) is 0 Å². The van der Waals surface area contributed by atoms with Crippen LogP contribution in [0.1, 0.15) is 6.85 Å². The van der Waals surface area contributed by atoms with Crippen molar-refractivity contribution < 1.29 is 6.85 Å². The highest BCUT2D eigenvalue weighted by molar-refractivity contribution is 7.26. The minimum atomic E-state index is -0.440. The Morgan fingerprint density at radius 3 is 1.52 bits per heavy atom. The normalized spacial score (nSPS) is 13.0. The molecule has 0 saturated carbocycles. The SMILES string of the molecule is [2H]c1c([2H])c([2H])c(-c2ccccc2-c2nc(-c3ccc(-c4cccc5c4sc4ccccc45)cc3)nc(-c3cccc4c3sc3ccccc34)n2)c([2H])c1[2H]. The van der Waals surface area contributed by atoms with Gasteiger partial charge in [0.15, 0.2) is 17.5 Å². The highest BCUT2D eigenvalue weighted by atomic mass is 32.1. The van der Waals surface area contributed by atoms with Gasteiger partial charge in [-0.2, -0.15) is 0 Å². The number of benzene rings is 7. The van der Waals surface area contributed by atoms with E-state index in [0.717, 1.165) is 42.4 Å². The molecule has 0 aliphatic rings. The van der Waals surface area contributed by atoms with Gasteiger partial charge in [0.05, 0.1) is 6.85 Å². The first-order chi connectivity index (χ1) is 26.9. The molecule has 0 atom stereocenters. The van der Waals surface area contributed by atoms with E-state index in [-0.39, 0.29) is 17.6 Å². The zero-order chi connectivity index (χ0) is 37.4. The minimum absolute atomic E-state index is 0.0940. The van der Waals surface area contributed by atoms with E-state index in [1.807, 2.05) is 48.5 Å². The van der Waals surface area contributed by atoms with E-state index in [1.54, 1.807) is 34.8 Å². The molecule has 0 fully saturated rings. The molecular weight excluding hydrogens is 647 g/mol. The number of nitrogens with zero attached hydrogens (tertiary/aromatic N) is 3. The Morgan fingerprint density at radius 2 is 0.840 bits per heavy atom. The summed E-state index contributed by atoms with van der Waals surface area (Å²) in [6.45, 7) is 0. The zero-order valence-electron chi connectivity index (χ0n) is 31.4. The van der Waals surface area contributed by atoms with Gasteiger partial charge in [0.25, 0.3) is 0 Å². The molecule has 0 saturated heterocycles. The molecule has 0 aliphatic heterocycles. The maximum Gasteiger partial charge on any atom is 0.165 e. The summed E-state index contributed by atoms with van der Waals surface area (Å²) in [7, 11) is 0. The summed E-state index contributed by atoms with van der Waals surface area (Å²) < 4.78 is 47.2. The summed E-state index contributed by atoms with van der Waals surface area (Å²) in [5, 5.41) is 4.77. The fourth-order valence-electron chi connectivity index (χ4n) is 6.72. The van der Waals surface area contributed by atoms with Crippen LogP contribution >= 0.6 is 22.7 Å². The van der Waals surface area contributed by atoms with Gasteiger partial charge in [0.1, 0.15) is 0 Å². The minimum Gasteiger partial charge on any atom is -0.208 e. The van der Waals surface area contributed by atoms with Gasteiger partial charge in [-0.1, -0.05) is 145 Å². The molecule has 5 heteroatoms. The number of hydrogen-bond donors (Lipinski definition) is 0. The van der Waals surface area contributed by atoms with E-state index in [1.165, 1.54) is 20.2 Å². The predicted octanol–water partition coefficient (Wildman–Crippen LogP) is 12.9. The van der Waals surface area contributed by atoms with Gasteiger partial charge in [-0.3, -0.25) is 0 Å². The van der Waals surface area contributed by atoms with E-state index in [9.17, 15) is 0 Å². The van der Waals surface area contributed by atoms with Crippen LogP contribution in [0.2, 0.25) is 0 Å². The molecule has 7 aromatic carbocycles. The lowest BCUT2D eigenvalue weighted by Crippen LogP contribution is -2.01. The van der Waals surface area contributed by atoms with Gasteiger partial charge in [0.2, 0.25) is 0 Å². The van der Waals surface area contributed by atoms with Crippen molar-refractivity contribution in [2.45, 2.75) is 0 Å². The van der Waals surface area contributed by atoms with Gasteiger partial charge in [-0.05, 0) is 40.5 Å². The van der Waals surface area contributed by atoms with E-state index >= 15 is 0 Å². The predicted molar refractivity (Wildman–Crippen MR) is 213 cm³/mol. The van der Waals surface area contributed by atoms with Crippen LogP contribution in [-0.2, 0) is 0 Å². The van der Waals surface area contributed by atoms with E-state index in [4.69, 9.17) is 21.8 Å². The van der Waals surface area contributed by atoms with Crippen molar-refractivity contribution in [2.75, 3.05) is 0 Å². The molecule has 0 amide bonds. The molecule has 3 heterocycles. The van der Waals surface area contributed by atoms with Crippen LogP contribution in [0, 0.1) is 0 Å². The number of thiophene rings is 2. The highest BCUT2D eigenvalue weighted by Crippen LogP contribution is 2.42. The molecule has 0 N–H and O–H groups in total. The summed E-state index contributed by atoms with van der Waals surface area (Å²) in [4.78, 5) is 15.2. The Balaban J connectivity index is 1.17. The van der Waals surface area contributed by atoms with Gasteiger partial charge in [-0.25, -0.2) is 15.0 Å². The molecule has 234 valence electrons. The molecule has 50 heavy (non-hydrogen) atoms. The second-order valence-corrected chi connectivity index (χ2v) is 14.1. The Kier molecular flexibility index (Phi) is 5.73. The highest BCUT2D eigenvalue weighted by Gasteiger charge is 2.19. The Morgan fingerprint density at radius 1 is 0.360 bits per heavy atom. The second kappa shape index (κ2) is 11.8. The molecule has 0 aliphatic carbocycles. The lowest BCUT2D eigenvalue weighted by Gasteiger charge is -2.12. The zero-order valence-corrected chi connectivity index (χ0v) is 28.0. The Bertz CT molecular complexity index is 3140. The van der Waals surface area contributed by atoms with E-state index in [0.29, 0.717) is 28.6 Å². The average molecular weight is 679 g/mol. The maximum atomic E-state index is 8.78. The van der Waals surface area contributed by atoms with Gasteiger partial charge in [-0.15, -0.1) is 22.7 Å². The van der Waals surface area contributed by atoms with Crippen molar-refractivity contribution in [1.82, 2.24) is 15.0 Å². The first-order valence-electron chi connectivity index (χ1n) is 18.7. The van der Waals surface area contributed by atoms with Gasteiger partial charge >= 0.3 is 0 Å². The number of hydrogen-bond acceptors (Lipinski definition) is 5. The first kappa shape index (κ1) is 24.2. The lowest BCUT2D eigenvalue weighted by molar-refractivity contribution is 1.08. The third-order valence-corrected chi connectivity index (χ3v) is 11.5. The number of rotatable bonds is 5. The van der Waals surface area contributed by atoms with Crippen LogP contribution in [-0.4, -0.2) is 15.0 Å². The lowest BCUT2D eigenvalue weighted by atomic mass is 9.99. The fourth-order valence-corrected chi connectivity index (χ4v) is 9.17. The molecule has 0 unspecified atom stereocenters. The molecular formula is C45H27N3S2. The third-order valence-electron chi connectivity index (χ3n) is 9.08. The summed E-state index contributed by atoms with van der Waals surface area (Å²) in [6, 6.07) is 43.1. The van der Waals surface area contributed by atoms with Crippen molar-refractivity contribution in [2.24, 2.45) is 0 Å². The number of aromatic nitrogens is 3. The van der Waals surface area contributed by atoms with Crippen molar-refractivity contribution in [3.8, 4) is 56.4 Å². The fraction of sp³-hybridized carbons (Fsp3) is 0. The van der Waals surface area contributed by atoms with Gasteiger partial charge < -0.3 is 0 Å². The van der Waals surface area contributed by atoms with Crippen molar-refractivity contribution in [3.05, 3.63) is 164 Å². The Labute approximate surface area is 303 Å². The summed E-state index contributed by atoms with van der Waals surface area (Å²) in [5.41, 5.74) is 4.95. The molecule has 0 spiro atoms. The smallest absolute Gasteiger partial charge is 0.165 e. The van der Waals surface area contributed by atoms with Crippen LogP contribution in [0.25, 0.3) is 96.8 Å².